The molecule has 0 bridgehead atoms. The van der Waals surface area contributed by atoms with Crippen LogP contribution in [0.15, 0.2) is 23.1 Å². The van der Waals surface area contributed by atoms with Gasteiger partial charge in [-0.2, -0.15) is 0 Å². The molecule has 1 aliphatic heterocycles. The highest BCUT2D eigenvalue weighted by Crippen LogP contribution is 2.14. The second kappa shape index (κ2) is 7.76. The number of piperazine rings is 1. The lowest BCUT2D eigenvalue weighted by atomic mass is 10.1. The van der Waals surface area contributed by atoms with E-state index in [1.54, 1.807) is 0 Å². The number of carbonyl (C=O) groups excluding carboxylic acids is 1. The summed E-state index contributed by atoms with van der Waals surface area (Å²) >= 11 is 0. The first-order valence-corrected chi connectivity index (χ1v) is 8.81. The maximum absolute atomic E-state index is 12.0. The largest absolute Gasteiger partial charge is 0.340 e. The molecule has 3 rings (SSSR count). The topological polar surface area (TPSA) is 95.3 Å². The molecule has 3 N–H and O–H groups in total. The molecule has 0 saturated carbocycles. The average Bonchev–Trinajstić information content (AvgIpc) is 2.62. The summed E-state index contributed by atoms with van der Waals surface area (Å²) in [6, 6.07) is 3.86. The summed E-state index contributed by atoms with van der Waals surface area (Å²) < 4.78 is 0. The van der Waals surface area contributed by atoms with Gasteiger partial charge >= 0.3 is 0 Å². The molecule has 0 radical (unpaired) electrons. The number of H-pyrrole nitrogens is 1. The molecule has 7 heteroatoms. The van der Waals surface area contributed by atoms with Gasteiger partial charge < -0.3 is 15.6 Å². The van der Waals surface area contributed by atoms with Crippen molar-refractivity contribution in [2.75, 3.05) is 32.7 Å². The zero-order valence-electron chi connectivity index (χ0n) is 14.6. The SMILES string of the molecule is CCc1cc2ncc(CN3CCN(C(=O)CCN)CC3)cc2[nH]c1=O. The van der Waals surface area contributed by atoms with E-state index >= 15 is 0 Å². The highest BCUT2D eigenvalue weighted by Gasteiger charge is 2.20. The Bertz CT molecular complexity index is 809. The van der Waals surface area contributed by atoms with Crippen LogP contribution in [-0.4, -0.2) is 58.4 Å². The number of nitrogens with one attached hydrogen (secondary N) is 1. The fourth-order valence-electron chi connectivity index (χ4n) is 3.21. The number of rotatable bonds is 5. The molecule has 134 valence electrons. The number of fused-ring (bicyclic) bond motifs is 1. The summed E-state index contributed by atoms with van der Waals surface area (Å²) in [5, 5.41) is 0. The molecule has 0 spiro atoms. The smallest absolute Gasteiger partial charge is 0.251 e. The van der Waals surface area contributed by atoms with Gasteiger partial charge in [0.2, 0.25) is 5.91 Å². The molecule has 25 heavy (non-hydrogen) atoms. The molecule has 2 aromatic heterocycles. The summed E-state index contributed by atoms with van der Waals surface area (Å²) in [5.74, 6) is 0.138. The number of hydrogen-bond donors (Lipinski definition) is 2. The van der Waals surface area contributed by atoms with Gasteiger partial charge in [0.05, 0.1) is 11.0 Å². The summed E-state index contributed by atoms with van der Waals surface area (Å²) in [5.41, 5.74) is 8.82. The van der Waals surface area contributed by atoms with Crippen LogP contribution in [0.4, 0.5) is 0 Å². The highest BCUT2D eigenvalue weighted by molar-refractivity contribution is 5.76. The first kappa shape index (κ1) is 17.6. The second-order valence-corrected chi connectivity index (χ2v) is 6.45. The maximum atomic E-state index is 12.0. The molecule has 0 atom stereocenters. The number of aromatic nitrogens is 2. The van der Waals surface area contributed by atoms with Crippen molar-refractivity contribution in [3.63, 3.8) is 0 Å². The van der Waals surface area contributed by atoms with Crippen molar-refractivity contribution >= 4 is 16.9 Å². The minimum Gasteiger partial charge on any atom is -0.340 e. The monoisotopic (exact) mass is 343 g/mol. The van der Waals surface area contributed by atoms with Gasteiger partial charge in [0.15, 0.2) is 0 Å². The van der Waals surface area contributed by atoms with E-state index in [1.807, 2.05) is 30.2 Å². The summed E-state index contributed by atoms with van der Waals surface area (Å²) in [6.07, 6.45) is 2.98. The first-order valence-electron chi connectivity index (χ1n) is 8.81. The molecule has 0 aliphatic carbocycles. The molecule has 0 unspecified atom stereocenters. The molecule has 2 aromatic rings. The van der Waals surface area contributed by atoms with E-state index < -0.39 is 0 Å². The number of pyridine rings is 2. The quantitative estimate of drug-likeness (QED) is 0.823. The normalized spacial score (nSPS) is 15.7. The van der Waals surface area contributed by atoms with Crippen molar-refractivity contribution in [1.82, 2.24) is 19.8 Å². The van der Waals surface area contributed by atoms with Crippen LogP contribution in [0.1, 0.15) is 24.5 Å². The molecule has 1 amide bonds. The van der Waals surface area contributed by atoms with Gasteiger partial charge in [-0.05, 0) is 24.1 Å². The number of hydrogen-bond acceptors (Lipinski definition) is 5. The van der Waals surface area contributed by atoms with E-state index in [9.17, 15) is 9.59 Å². The van der Waals surface area contributed by atoms with Crippen LogP contribution in [0, 0.1) is 0 Å². The standard InChI is InChI=1S/C18H25N5O2/c1-2-14-10-15-16(21-18(14)25)9-13(11-20-15)12-22-5-7-23(8-6-22)17(24)3-4-19/h9-11H,2-8,12,19H2,1H3,(H,21,25). The van der Waals surface area contributed by atoms with Crippen LogP contribution in [0.25, 0.3) is 11.0 Å². The maximum Gasteiger partial charge on any atom is 0.251 e. The lowest BCUT2D eigenvalue weighted by Gasteiger charge is -2.34. The second-order valence-electron chi connectivity index (χ2n) is 6.45. The van der Waals surface area contributed by atoms with Crippen LogP contribution in [0.2, 0.25) is 0 Å². The van der Waals surface area contributed by atoms with Crippen LogP contribution in [0.3, 0.4) is 0 Å². The molecule has 1 aliphatic rings. The molecule has 7 nitrogen and oxygen atoms in total. The van der Waals surface area contributed by atoms with Gasteiger partial charge in [0, 0.05) is 57.4 Å². The minimum atomic E-state index is -0.0408. The third-order valence-corrected chi connectivity index (χ3v) is 4.70. The minimum absolute atomic E-state index is 0.0408. The van der Waals surface area contributed by atoms with Gasteiger partial charge in [-0.15, -0.1) is 0 Å². The molecular weight excluding hydrogens is 318 g/mol. The fourth-order valence-corrected chi connectivity index (χ4v) is 3.21. The van der Waals surface area contributed by atoms with E-state index in [-0.39, 0.29) is 11.5 Å². The summed E-state index contributed by atoms with van der Waals surface area (Å²) in [4.78, 5) is 35.4. The van der Waals surface area contributed by atoms with Crippen molar-refractivity contribution in [2.45, 2.75) is 26.3 Å². The van der Waals surface area contributed by atoms with Crippen molar-refractivity contribution in [3.05, 3.63) is 39.8 Å². The van der Waals surface area contributed by atoms with E-state index in [0.29, 0.717) is 19.4 Å². The van der Waals surface area contributed by atoms with Gasteiger partial charge in [-0.1, -0.05) is 6.92 Å². The number of aryl methyl sites for hydroxylation is 1. The first-order chi connectivity index (χ1) is 12.1. The number of aromatic amines is 1. The lowest BCUT2D eigenvalue weighted by molar-refractivity contribution is -0.132. The van der Waals surface area contributed by atoms with Crippen molar-refractivity contribution in [1.29, 1.82) is 0 Å². The highest BCUT2D eigenvalue weighted by atomic mass is 16.2. The molecule has 1 fully saturated rings. The predicted octanol–water partition coefficient (Wildman–Crippen LogP) is 0.479. The lowest BCUT2D eigenvalue weighted by Crippen LogP contribution is -2.48. The summed E-state index contributed by atoms with van der Waals surface area (Å²) in [6.45, 7) is 6.26. The number of nitrogens with zero attached hydrogens (tertiary/aromatic N) is 3. The number of amides is 1. The van der Waals surface area contributed by atoms with Gasteiger partial charge in [0.1, 0.15) is 0 Å². The van der Waals surface area contributed by atoms with Crippen molar-refractivity contribution in [2.24, 2.45) is 5.73 Å². The fraction of sp³-hybridized carbons (Fsp3) is 0.500. The molecule has 1 saturated heterocycles. The third kappa shape index (κ3) is 4.05. The number of nitrogens with two attached hydrogens (primary N) is 1. The Morgan fingerprint density at radius 3 is 2.72 bits per heavy atom. The van der Waals surface area contributed by atoms with Crippen molar-refractivity contribution < 1.29 is 4.79 Å². The predicted molar refractivity (Wildman–Crippen MR) is 97.3 cm³/mol. The number of carbonyl (C=O) groups is 1. The van der Waals surface area contributed by atoms with Gasteiger partial charge in [-0.3, -0.25) is 19.5 Å². The van der Waals surface area contributed by atoms with Gasteiger partial charge in [0.25, 0.3) is 5.56 Å². The Hall–Kier alpha value is -2.25. The zero-order chi connectivity index (χ0) is 17.8. The van der Waals surface area contributed by atoms with Crippen molar-refractivity contribution in [3.8, 4) is 0 Å². The Kier molecular flexibility index (Phi) is 5.45. The Balaban J connectivity index is 1.66. The molecular formula is C18H25N5O2. The van der Waals surface area contributed by atoms with Crippen LogP contribution >= 0.6 is 0 Å². The van der Waals surface area contributed by atoms with Crippen LogP contribution < -0.4 is 11.3 Å². The van der Waals surface area contributed by atoms with Crippen LogP contribution in [-0.2, 0) is 17.8 Å². The summed E-state index contributed by atoms with van der Waals surface area (Å²) in [7, 11) is 0. The average molecular weight is 343 g/mol. The van der Waals surface area contributed by atoms with E-state index in [0.717, 1.165) is 54.9 Å². The zero-order valence-corrected chi connectivity index (χ0v) is 14.6. The van der Waals surface area contributed by atoms with Gasteiger partial charge in [-0.25, -0.2) is 0 Å². The Morgan fingerprint density at radius 2 is 2.04 bits per heavy atom. The van der Waals surface area contributed by atoms with E-state index in [1.165, 1.54) is 0 Å². The molecule has 0 aromatic carbocycles. The van der Waals surface area contributed by atoms with E-state index in [2.05, 4.69) is 14.9 Å². The third-order valence-electron chi connectivity index (χ3n) is 4.70. The Labute approximate surface area is 146 Å². The molecule has 3 heterocycles. The van der Waals surface area contributed by atoms with E-state index in [4.69, 9.17) is 5.73 Å². The Morgan fingerprint density at radius 1 is 1.28 bits per heavy atom. The van der Waals surface area contributed by atoms with Crippen LogP contribution in [0.5, 0.6) is 0 Å².